The van der Waals surface area contributed by atoms with Crippen molar-refractivity contribution in [1.82, 2.24) is 15.3 Å². The molecule has 3 aliphatic heterocycles. The fourth-order valence-corrected chi connectivity index (χ4v) is 1.99. The summed E-state index contributed by atoms with van der Waals surface area (Å²) in [5.74, 6) is 1.89. The van der Waals surface area contributed by atoms with E-state index in [9.17, 15) is 4.79 Å². The smallest absolute Gasteiger partial charge is 0.173 e. The van der Waals surface area contributed by atoms with E-state index >= 15 is 0 Å². The van der Waals surface area contributed by atoms with E-state index in [0.29, 0.717) is 19.6 Å². The topological polar surface area (TPSA) is 60.3 Å². The van der Waals surface area contributed by atoms with Gasteiger partial charge in [-0.15, -0.1) is 0 Å². The van der Waals surface area contributed by atoms with E-state index in [1.807, 2.05) is 22.9 Å². The molecule has 6 nitrogen and oxygen atoms in total. The Balaban J connectivity index is 1.88. The van der Waals surface area contributed by atoms with Crippen LogP contribution in [0.3, 0.4) is 0 Å². The van der Waals surface area contributed by atoms with Crippen molar-refractivity contribution in [3.05, 3.63) is 23.9 Å². The number of hydrazone groups is 2. The average molecular weight is 231 g/mol. The van der Waals surface area contributed by atoms with Gasteiger partial charge in [0, 0.05) is 19.2 Å². The van der Waals surface area contributed by atoms with E-state index in [-0.39, 0.29) is 5.78 Å². The third-order valence-electron chi connectivity index (χ3n) is 2.91. The third-order valence-corrected chi connectivity index (χ3v) is 2.91. The van der Waals surface area contributed by atoms with Gasteiger partial charge in [0.2, 0.25) is 0 Å². The van der Waals surface area contributed by atoms with E-state index in [1.54, 1.807) is 12.3 Å². The molecular formula is C11H13N5O. The van der Waals surface area contributed by atoms with Crippen molar-refractivity contribution < 1.29 is 4.79 Å². The Hall–Kier alpha value is -2.11. The number of nitrogens with one attached hydrogen (secondary N) is 1. The molecule has 3 aliphatic rings. The van der Waals surface area contributed by atoms with Gasteiger partial charge in [0.05, 0.1) is 0 Å². The fraction of sp³-hybridized carbons (Fsp3) is 0.364. The first-order valence-electron chi connectivity index (χ1n) is 5.57. The van der Waals surface area contributed by atoms with Gasteiger partial charge in [-0.25, -0.2) is 5.01 Å². The van der Waals surface area contributed by atoms with Gasteiger partial charge in [-0.05, 0) is 24.6 Å². The summed E-state index contributed by atoms with van der Waals surface area (Å²) in [6, 6.07) is 0. The minimum absolute atomic E-state index is 0.170. The Morgan fingerprint density at radius 2 is 2.35 bits per heavy atom. The summed E-state index contributed by atoms with van der Waals surface area (Å²) >= 11 is 0. The zero-order chi connectivity index (χ0) is 11.8. The van der Waals surface area contributed by atoms with Gasteiger partial charge in [-0.3, -0.25) is 10.2 Å². The van der Waals surface area contributed by atoms with Crippen molar-refractivity contribution in [1.29, 1.82) is 0 Å². The van der Waals surface area contributed by atoms with Crippen LogP contribution in [0.4, 0.5) is 0 Å². The minimum Gasteiger partial charge on any atom is -0.331 e. The lowest BCUT2D eigenvalue weighted by Gasteiger charge is -2.27. The number of fused-ring (bicyclic) bond motifs is 1. The standard InChI is InChI=1S/C11H13N5O/c1-8-6-10(14-16-7-12-13-11(8)16)15-4-2-9(17)3-5-15/h2,4,6,12H,3,5,7H2,1H3. The van der Waals surface area contributed by atoms with Crippen LogP contribution in [0.5, 0.6) is 0 Å². The maximum Gasteiger partial charge on any atom is 0.173 e. The SMILES string of the molecule is CC1=CC(N2C=CC(=O)CC2)=NN2CNN=C12. The molecule has 0 aliphatic carbocycles. The van der Waals surface area contributed by atoms with Gasteiger partial charge in [0.15, 0.2) is 17.5 Å². The van der Waals surface area contributed by atoms with E-state index in [1.165, 1.54) is 0 Å². The molecule has 0 saturated carbocycles. The lowest BCUT2D eigenvalue weighted by molar-refractivity contribution is -0.115. The normalized spacial score (nSPS) is 22.9. The van der Waals surface area contributed by atoms with E-state index in [4.69, 9.17) is 0 Å². The summed E-state index contributed by atoms with van der Waals surface area (Å²) < 4.78 is 0. The zero-order valence-corrected chi connectivity index (χ0v) is 9.55. The van der Waals surface area contributed by atoms with Gasteiger partial charge in [0.1, 0.15) is 6.67 Å². The first kappa shape index (κ1) is 10.1. The van der Waals surface area contributed by atoms with Crippen LogP contribution in [0.2, 0.25) is 0 Å². The van der Waals surface area contributed by atoms with E-state index in [0.717, 1.165) is 17.2 Å². The molecule has 0 radical (unpaired) electrons. The molecule has 17 heavy (non-hydrogen) atoms. The molecule has 0 saturated heterocycles. The van der Waals surface area contributed by atoms with Crippen molar-refractivity contribution >= 4 is 17.5 Å². The second kappa shape index (κ2) is 3.73. The Labute approximate surface area is 99.0 Å². The number of hydrogen-bond acceptors (Lipinski definition) is 6. The maximum atomic E-state index is 11.1. The summed E-state index contributed by atoms with van der Waals surface area (Å²) in [6.45, 7) is 3.29. The van der Waals surface area contributed by atoms with Crippen LogP contribution < -0.4 is 5.43 Å². The first-order chi connectivity index (χ1) is 8.24. The Morgan fingerprint density at radius 3 is 3.12 bits per heavy atom. The Morgan fingerprint density at radius 1 is 1.47 bits per heavy atom. The third kappa shape index (κ3) is 1.71. The molecule has 0 bridgehead atoms. The molecule has 1 N–H and O–H groups in total. The molecule has 6 heteroatoms. The van der Waals surface area contributed by atoms with Crippen LogP contribution in [0.15, 0.2) is 34.1 Å². The van der Waals surface area contributed by atoms with Crippen LogP contribution in [0.1, 0.15) is 13.3 Å². The molecule has 0 aromatic heterocycles. The quantitative estimate of drug-likeness (QED) is 0.648. The lowest BCUT2D eigenvalue weighted by atomic mass is 10.1. The molecule has 0 aromatic carbocycles. The molecule has 3 heterocycles. The molecule has 0 fully saturated rings. The number of carbonyl (C=O) groups is 1. The summed E-state index contributed by atoms with van der Waals surface area (Å²) in [7, 11) is 0. The van der Waals surface area contributed by atoms with Crippen LogP contribution in [-0.4, -0.2) is 40.6 Å². The van der Waals surface area contributed by atoms with Crippen molar-refractivity contribution in [2.75, 3.05) is 13.2 Å². The molecule has 0 amide bonds. The largest absolute Gasteiger partial charge is 0.331 e. The Kier molecular flexibility index (Phi) is 2.21. The summed E-state index contributed by atoms with van der Waals surface area (Å²) in [5, 5.41) is 10.5. The van der Waals surface area contributed by atoms with Gasteiger partial charge >= 0.3 is 0 Å². The number of allylic oxidation sites excluding steroid dienone is 1. The minimum atomic E-state index is 0.170. The van der Waals surface area contributed by atoms with Crippen molar-refractivity contribution in [2.45, 2.75) is 13.3 Å². The lowest BCUT2D eigenvalue weighted by Crippen LogP contribution is -2.37. The zero-order valence-electron chi connectivity index (χ0n) is 9.55. The number of amidine groups is 2. The highest BCUT2D eigenvalue weighted by molar-refractivity contribution is 6.09. The van der Waals surface area contributed by atoms with Gasteiger partial charge in [-0.2, -0.15) is 10.2 Å². The fourth-order valence-electron chi connectivity index (χ4n) is 1.99. The Bertz CT molecular complexity index is 488. The summed E-state index contributed by atoms with van der Waals surface area (Å²) in [5.41, 5.74) is 3.97. The van der Waals surface area contributed by atoms with Crippen LogP contribution in [0.25, 0.3) is 0 Å². The van der Waals surface area contributed by atoms with Gasteiger partial charge in [0.25, 0.3) is 0 Å². The molecule has 0 aromatic rings. The van der Waals surface area contributed by atoms with Crippen LogP contribution in [0, 0.1) is 0 Å². The number of rotatable bonds is 0. The molecule has 3 rings (SSSR count). The predicted octanol–water partition coefficient (Wildman–Crippen LogP) is 0.224. The van der Waals surface area contributed by atoms with Crippen molar-refractivity contribution in [2.24, 2.45) is 10.2 Å². The van der Waals surface area contributed by atoms with Crippen molar-refractivity contribution in [3.8, 4) is 0 Å². The number of carbonyl (C=O) groups excluding carboxylic acids is 1. The van der Waals surface area contributed by atoms with Gasteiger partial charge < -0.3 is 4.90 Å². The summed E-state index contributed by atoms with van der Waals surface area (Å²) in [4.78, 5) is 13.1. The molecule has 88 valence electrons. The van der Waals surface area contributed by atoms with E-state index in [2.05, 4.69) is 15.6 Å². The van der Waals surface area contributed by atoms with Crippen molar-refractivity contribution in [3.63, 3.8) is 0 Å². The number of nitrogens with zero attached hydrogens (tertiary/aromatic N) is 4. The average Bonchev–Trinajstić information content (AvgIpc) is 2.78. The van der Waals surface area contributed by atoms with Crippen LogP contribution >= 0.6 is 0 Å². The monoisotopic (exact) mass is 231 g/mol. The highest BCUT2D eigenvalue weighted by atomic mass is 16.1. The second-order valence-electron chi connectivity index (χ2n) is 4.16. The number of hydrogen-bond donors (Lipinski definition) is 1. The van der Waals surface area contributed by atoms with E-state index < -0.39 is 0 Å². The van der Waals surface area contributed by atoms with Crippen LogP contribution in [-0.2, 0) is 4.79 Å². The maximum absolute atomic E-state index is 11.1. The second-order valence-corrected chi connectivity index (χ2v) is 4.16. The predicted molar refractivity (Wildman–Crippen MR) is 63.9 cm³/mol. The highest BCUT2D eigenvalue weighted by Gasteiger charge is 2.25. The molecular weight excluding hydrogens is 218 g/mol. The first-order valence-corrected chi connectivity index (χ1v) is 5.57. The van der Waals surface area contributed by atoms with Gasteiger partial charge in [-0.1, -0.05) is 0 Å². The molecule has 0 unspecified atom stereocenters. The molecule has 0 spiro atoms. The molecule has 0 atom stereocenters. The summed E-state index contributed by atoms with van der Waals surface area (Å²) in [6.07, 6.45) is 5.92. The highest BCUT2D eigenvalue weighted by Crippen LogP contribution is 2.16. The number of ketones is 1.